The van der Waals surface area contributed by atoms with Crippen molar-refractivity contribution in [3.05, 3.63) is 47.3 Å². The smallest absolute Gasteiger partial charge is 0.382 e. The van der Waals surface area contributed by atoms with Gasteiger partial charge < -0.3 is 21.1 Å². The maximum Gasteiger partial charge on any atom is 0.426 e. The molecule has 2 amide bonds. The van der Waals surface area contributed by atoms with E-state index in [0.29, 0.717) is 11.0 Å². The third-order valence-corrected chi connectivity index (χ3v) is 6.50. The second-order valence-electron chi connectivity index (χ2n) is 9.23. The number of likely N-dealkylation sites (tertiary alicyclic amines) is 1. The Morgan fingerprint density at radius 2 is 1.82 bits per heavy atom. The van der Waals surface area contributed by atoms with E-state index in [2.05, 4.69) is 15.4 Å². The van der Waals surface area contributed by atoms with Crippen molar-refractivity contribution in [1.82, 2.24) is 24.8 Å². The largest absolute Gasteiger partial charge is 0.426 e. The number of aliphatic hydroxyl groups is 1. The van der Waals surface area contributed by atoms with Crippen LogP contribution in [0.2, 0.25) is 0 Å². The molecule has 216 valence electrons. The standard InChI is InChI=1S/C23H20F8N6O3/c1-21(40,23(29,30)31)20(39)36-7-14(25)15(8-36)35-19(38)12-4-10(2-3-11(12)6-24)16-5-13(22(26,27)28)17-18(32)33-9-34-37(16)17/h2-5,9,14-15,40H,6-8H2,1H3,(H,35,38)(H2,32,33,34)/t14-,15+,21?/m0/s1. The zero-order valence-corrected chi connectivity index (χ0v) is 20.3. The van der Waals surface area contributed by atoms with E-state index < -0.39 is 84.2 Å². The molecular weight excluding hydrogens is 560 g/mol. The summed E-state index contributed by atoms with van der Waals surface area (Å²) >= 11 is 0. The van der Waals surface area contributed by atoms with Gasteiger partial charge in [-0.25, -0.2) is 18.3 Å². The number of halogens is 8. The highest BCUT2D eigenvalue weighted by atomic mass is 19.4. The topological polar surface area (TPSA) is 126 Å². The van der Waals surface area contributed by atoms with Gasteiger partial charge in [-0.3, -0.25) is 9.59 Å². The van der Waals surface area contributed by atoms with Gasteiger partial charge in [-0.2, -0.15) is 31.4 Å². The average Bonchev–Trinajstić information content (AvgIpc) is 3.44. The molecule has 0 aliphatic carbocycles. The lowest BCUT2D eigenvalue weighted by Crippen LogP contribution is -2.56. The monoisotopic (exact) mass is 580 g/mol. The first-order chi connectivity index (χ1) is 18.5. The Bertz CT molecular complexity index is 1470. The molecule has 40 heavy (non-hydrogen) atoms. The molecule has 1 unspecified atom stereocenters. The van der Waals surface area contributed by atoms with Crippen LogP contribution in [0.15, 0.2) is 30.6 Å². The summed E-state index contributed by atoms with van der Waals surface area (Å²) < 4.78 is 109. The molecule has 0 bridgehead atoms. The van der Waals surface area contributed by atoms with Crippen molar-refractivity contribution >= 4 is 23.1 Å². The molecule has 2 aromatic heterocycles. The van der Waals surface area contributed by atoms with Crippen molar-refractivity contribution in [2.24, 2.45) is 0 Å². The number of nitrogen functional groups attached to an aromatic ring is 1. The molecule has 4 N–H and O–H groups in total. The van der Waals surface area contributed by atoms with Crippen LogP contribution in [0.5, 0.6) is 0 Å². The molecule has 4 rings (SSSR count). The van der Waals surface area contributed by atoms with E-state index in [-0.39, 0.29) is 23.7 Å². The minimum atomic E-state index is -5.35. The van der Waals surface area contributed by atoms with Crippen molar-refractivity contribution in [3.8, 4) is 11.3 Å². The Kier molecular flexibility index (Phi) is 7.15. The van der Waals surface area contributed by atoms with Crippen molar-refractivity contribution in [1.29, 1.82) is 0 Å². The summed E-state index contributed by atoms with van der Waals surface area (Å²) in [6.45, 7) is -2.61. The Morgan fingerprint density at radius 1 is 1.15 bits per heavy atom. The molecule has 0 spiro atoms. The van der Waals surface area contributed by atoms with Crippen LogP contribution >= 0.6 is 0 Å². The summed E-state index contributed by atoms with van der Waals surface area (Å²) in [7, 11) is 0. The predicted octanol–water partition coefficient (Wildman–Crippen LogP) is 3.06. The number of fused-ring (bicyclic) bond motifs is 1. The number of carbonyl (C=O) groups is 2. The number of carbonyl (C=O) groups excluding carboxylic acids is 2. The summed E-state index contributed by atoms with van der Waals surface area (Å²) in [5.41, 5.74) is -0.770. The number of amides is 2. The number of aromatic nitrogens is 3. The van der Waals surface area contributed by atoms with Crippen LogP contribution in [-0.2, 0) is 17.6 Å². The Morgan fingerprint density at radius 3 is 2.42 bits per heavy atom. The molecule has 1 aliphatic rings. The number of benzene rings is 1. The van der Waals surface area contributed by atoms with Gasteiger partial charge in [-0.1, -0.05) is 12.1 Å². The highest BCUT2D eigenvalue weighted by Gasteiger charge is 2.58. The highest BCUT2D eigenvalue weighted by molar-refractivity contribution is 5.97. The summed E-state index contributed by atoms with van der Waals surface area (Å²) in [5.74, 6) is -3.41. The molecule has 17 heteroatoms. The van der Waals surface area contributed by atoms with Gasteiger partial charge in [0.15, 0.2) is 5.82 Å². The third kappa shape index (κ3) is 5.00. The zero-order chi connectivity index (χ0) is 29.8. The lowest BCUT2D eigenvalue weighted by molar-refractivity contribution is -0.249. The molecule has 1 fully saturated rings. The van der Waals surface area contributed by atoms with E-state index in [4.69, 9.17) is 5.73 Å². The van der Waals surface area contributed by atoms with Gasteiger partial charge in [-0.15, -0.1) is 0 Å². The van der Waals surface area contributed by atoms with Gasteiger partial charge in [0.25, 0.3) is 11.8 Å². The summed E-state index contributed by atoms with van der Waals surface area (Å²) in [6, 6.07) is 2.54. The molecule has 0 saturated carbocycles. The number of nitrogens with zero attached hydrogens (tertiary/aromatic N) is 4. The van der Waals surface area contributed by atoms with Crippen LogP contribution in [0, 0.1) is 0 Å². The number of nitrogens with two attached hydrogens (primary N) is 1. The Hall–Kier alpha value is -4.02. The molecule has 1 aromatic carbocycles. The van der Waals surface area contributed by atoms with E-state index >= 15 is 0 Å². The molecule has 1 aliphatic heterocycles. The van der Waals surface area contributed by atoms with E-state index in [1.807, 2.05) is 0 Å². The molecule has 3 heterocycles. The fraction of sp³-hybridized carbons (Fsp3) is 0.391. The Balaban J connectivity index is 1.65. The summed E-state index contributed by atoms with van der Waals surface area (Å²) in [5, 5.41) is 15.6. The van der Waals surface area contributed by atoms with Gasteiger partial charge in [0.2, 0.25) is 5.60 Å². The quantitative estimate of drug-likeness (QED) is 0.399. The number of hydrogen-bond acceptors (Lipinski definition) is 6. The Labute approximate surface area is 219 Å². The highest BCUT2D eigenvalue weighted by Crippen LogP contribution is 2.39. The normalized spacial score (nSPS) is 19.6. The maximum absolute atomic E-state index is 14.6. The van der Waals surface area contributed by atoms with Crippen molar-refractivity contribution < 1.29 is 49.8 Å². The second-order valence-corrected chi connectivity index (χ2v) is 9.23. The van der Waals surface area contributed by atoms with E-state index in [9.17, 15) is 49.8 Å². The maximum atomic E-state index is 14.6. The number of alkyl halides is 8. The number of nitrogens with one attached hydrogen (secondary N) is 1. The zero-order valence-electron chi connectivity index (χ0n) is 20.3. The summed E-state index contributed by atoms with van der Waals surface area (Å²) in [6.07, 6.45) is -11.4. The number of hydrogen-bond donors (Lipinski definition) is 3. The van der Waals surface area contributed by atoms with Crippen LogP contribution < -0.4 is 11.1 Å². The van der Waals surface area contributed by atoms with Crippen LogP contribution in [-0.4, -0.2) is 73.5 Å². The number of anilines is 1. The molecule has 3 atom stereocenters. The SMILES string of the molecule is CC(O)(C(=O)N1C[C@H](F)[C@H](NC(=O)c2cc(-c3cc(C(F)(F)F)c4c(N)ncnn34)ccc2CF)C1)C(F)(F)F. The van der Waals surface area contributed by atoms with Gasteiger partial charge in [-0.05, 0) is 24.6 Å². The van der Waals surface area contributed by atoms with Crippen molar-refractivity contribution in [2.75, 3.05) is 18.8 Å². The van der Waals surface area contributed by atoms with Crippen LogP contribution in [0.25, 0.3) is 16.8 Å². The molecule has 9 nitrogen and oxygen atoms in total. The minimum Gasteiger partial charge on any atom is -0.382 e. The first kappa shape index (κ1) is 29.0. The summed E-state index contributed by atoms with van der Waals surface area (Å²) in [4.78, 5) is 29.2. The third-order valence-electron chi connectivity index (χ3n) is 6.50. The average molecular weight is 580 g/mol. The molecule has 1 saturated heterocycles. The van der Waals surface area contributed by atoms with Crippen molar-refractivity contribution in [3.63, 3.8) is 0 Å². The fourth-order valence-electron chi connectivity index (χ4n) is 4.29. The molecule has 0 radical (unpaired) electrons. The van der Waals surface area contributed by atoms with Gasteiger partial charge >= 0.3 is 12.4 Å². The van der Waals surface area contributed by atoms with Gasteiger partial charge in [0, 0.05) is 17.7 Å². The van der Waals surface area contributed by atoms with E-state index in [1.54, 1.807) is 0 Å². The lowest BCUT2D eigenvalue weighted by Gasteiger charge is -2.29. The number of rotatable bonds is 5. The minimum absolute atomic E-state index is 0.0350. The van der Waals surface area contributed by atoms with E-state index in [0.717, 1.165) is 23.0 Å². The fourth-order valence-corrected chi connectivity index (χ4v) is 4.29. The molecular formula is C23H20F8N6O3. The predicted molar refractivity (Wildman–Crippen MR) is 122 cm³/mol. The molecule has 3 aromatic rings. The van der Waals surface area contributed by atoms with Crippen molar-refractivity contribution in [2.45, 2.75) is 43.8 Å². The van der Waals surface area contributed by atoms with Crippen LogP contribution in [0.4, 0.5) is 40.9 Å². The van der Waals surface area contributed by atoms with Crippen LogP contribution in [0.1, 0.15) is 28.4 Å². The van der Waals surface area contributed by atoms with Gasteiger partial charge in [0.05, 0.1) is 23.8 Å². The second kappa shape index (κ2) is 9.87. The lowest BCUT2D eigenvalue weighted by atomic mass is 10.0. The van der Waals surface area contributed by atoms with Gasteiger partial charge in [0.1, 0.15) is 24.7 Å². The first-order valence-corrected chi connectivity index (χ1v) is 11.4. The van der Waals surface area contributed by atoms with E-state index in [1.165, 1.54) is 6.07 Å². The first-order valence-electron chi connectivity index (χ1n) is 11.4. The van der Waals surface area contributed by atoms with Crippen LogP contribution in [0.3, 0.4) is 0 Å².